The fourth-order valence-electron chi connectivity index (χ4n) is 2.67. The molecule has 1 amide bonds. The topological polar surface area (TPSA) is 102 Å². The van der Waals surface area contributed by atoms with Gasteiger partial charge in [-0.05, 0) is 18.6 Å². The molecule has 0 spiro atoms. The summed E-state index contributed by atoms with van der Waals surface area (Å²) in [6, 6.07) is 11.4. The summed E-state index contributed by atoms with van der Waals surface area (Å²) in [5.74, 6) is -2.06. The molecular formula is C21H19F3N4O4S2. The van der Waals surface area contributed by atoms with E-state index in [4.69, 9.17) is 9.47 Å². The number of hydrogen-bond donors (Lipinski definition) is 2. The van der Waals surface area contributed by atoms with E-state index in [2.05, 4.69) is 20.0 Å². The average molecular weight is 513 g/mol. The second-order valence-corrected chi connectivity index (χ2v) is 8.16. The van der Waals surface area contributed by atoms with Crippen LogP contribution in [-0.4, -0.2) is 41.3 Å². The molecule has 0 fully saturated rings. The number of hydrogen-bond acceptors (Lipinski definition) is 9. The van der Waals surface area contributed by atoms with Crippen molar-refractivity contribution in [3.05, 3.63) is 53.7 Å². The highest BCUT2D eigenvalue weighted by atomic mass is 32.2. The lowest BCUT2D eigenvalue weighted by molar-refractivity contribution is -0.141. The SMILES string of the molecule is CCOC(=O)c1cc(-c2ccccc2)sc1NC(=O)COc1cc(C(F)(F)F)nc(NSC)n1. The molecule has 3 rings (SSSR count). The Morgan fingerprint density at radius 2 is 1.88 bits per heavy atom. The molecule has 0 aliphatic rings. The number of nitrogens with zero attached hydrogens (tertiary/aromatic N) is 2. The summed E-state index contributed by atoms with van der Waals surface area (Å²) in [5, 5.41) is 2.79. The molecule has 0 saturated heterocycles. The van der Waals surface area contributed by atoms with Crippen LogP contribution in [0.1, 0.15) is 23.0 Å². The summed E-state index contributed by atoms with van der Waals surface area (Å²) >= 11 is 2.15. The first-order valence-electron chi connectivity index (χ1n) is 9.75. The van der Waals surface area contributed by atoms with Crippen molar-refractivity contribution in [1.82, 2.24) is 9.97 Å². The Hall–Kier alpha value is -3.32. The zero-order chi connectivity index (χ0) is 24.7. The van der Waals surface area contributed by atoms with Gasteiger partial charge < -0.3 is 14.8 Å². The maximum atomic E-state index is 13.1. The van der Waals surface area contributed by atoms with Crippen molar-refractivity contribution in [2.24, 2.45) is 0 Å². The molecule has 0 aliphatic carbocycles. The summed E-state index contributed by atoms with van der Waals surface area (Å²) in [4.78, 5) is 32.8. The van der Waals surface area contributed by atoms with Gasteiger partial charge in [-0.1, -0.05) is 42.3 Å². The number of amides is 1. The number of alkyl halides is 3. The zero-order valence-corrected chi connectivity index (χ0v) is 19.6. The number of benzene rings is 1. The molecule has 0 bridgehead atoms. The quantitative estimate of drug-likeness (QED) is 0.301. The van der Waals surface area contributed by atoms with Gasteiger partial charge in [0.2, 0.25) is 11.8 Å². The van der Waals surface area contributed by atoms with Crippen LogP contribution in [0, 0.1) is 0 Å². The number of anilines is 2. The van der Waals surface area contributed by atoms with Crippen LogP contribution in [-0.2, 0) is 15.7 Å². The zero-order valence-electron chi connectivity index (χ0n) is 17.9. The number of ether oxygens (including phenoxy) is 2. The molecule has 0 radical (unpaired) electrons. The van der Waals surface area contributed by atoms with Gasteiger partial charge in [0.05, 0.1) is 12.2 Å². The molecule has 2 heterocycles. The lowest BCUT2D eigenvalue weighted by Gasteiger charge is -2.11. The molecule has 3 aromatic rings. The fourth-order valence-corrected chi connectivity index (χ4v) is 4.01. The molecule has 13 heteroatoms. The van der Waals surface area contributed by atoms with E-state index in [0.29, 0.717) is 6.07 Å². The van der Waals surface area contributed by atoms with Gasteiger partial charge in [-0.25, -0.2) is 9.78 Å². The largest absolute Gasteiger partial charge is 0.467 e. The van der Waals surface area contributed by atoms with E-state index in [9.17, 15) is 22.8 Å². The van der Waals surface area contributed by atoms with E-state index in [-0.39, 0.29) is 23.1 Å². The van der Waals surface area contributed by atoms with Crippen LogP contribution >= 0.6 is 23.3 Å². The first-order chi connectivity index (χ1) is 16.2. The summed E-state index contributed by atoms with van der Waals surface area (Å²) < 4.78 is 52.0. The molecule has 0 saturated carbocycles. The van der Waals surface area contributed by atoms with Crippen LogP contribution in [0.2, 0.25) is 0 Å². The van der Waals surface area contributed by atoms with Gasteiger partial charge in [0.1, 0.15) is 5.00 Å². The molecule has 2 N–H and O–H groups in total. The monoisotopic (exact) mass is 512 g/mol. The molecule has 0 unspecified atom stereocenters. The molecule has 180 valence electrons. The van der Waals surface area contributed by atoms with Gasteiger partial charge in [0, 0.05) is 17.2 Å². The third-order valence-electron chi connectivity index (χ3n) is 4.08. The molecule has 2 aromatic heterocycles. The first-order valence-corrected chi connectivity index (χ1v) is 11.8. The van der Waals surface area contributed by atoms with Crippen LogP contribution in [0.15, 0.2) is 42.5 Å². The highest BCUT2D eigenvalue weighted by molar-refractivity contribution is 7.99. The number of nitrogens with one attached hydrogen (secondary N) is 2. The minimum absolute atomic E-state index is 0.146. The lowest BCUT2D eigenvalue weighted by atomic mass is 10.1. The molecule has 0 aliphatic heterocycles. The predicted octanol–water partition coefficient (Wildman–Crippen LogP) is 5.11. The third kappa shape index (κ3) is 6.60. The minimum atomic E-state index is -4.72. The Balaban J connectivity index is 1.77. The normalized spacial score (nSPS) is 11.1. The Bertz CT molecular complexity index is 1160. The van der Waals surface area contributed by atoms with E-state index in [0.717, 1.165) is 33.7 Å². The van der Waals surface area contributed by atoms with Crippen LogP contribution in [0.5, 0.6) is 5.88 Å². The van der Waals surface area contributed by atoms with Crippen molar-refractivity contribution in [1.29, 1.82) is 0 Å². The van der Waals surface area contributed by atoms with Gasteiger partial charge in [0.15, 0.2) is 12.3 Å². The Morgan fingerprint density at radius 3 is 2.53 bits per heavy atom. The number of halogens is 3. The summed E-state index contributed by atoms with van der Waals surface area (Å²) in [6.45, 7) is 1.16. The van der Waals surface area contributed by atoms with Crippen molar-refractivity contribution >= 4 is 46.1 Å². The second-order valence-electron chi connectivity index (χ2n) is 6.50. The fraction of sp³-hybridized carbons (Fsp3) is 0.238. The van der Waals surface area contributed by atoms with Gasteiger partial charge in [0.25, 0.3) is 5.91 Å². The van der Waals surface area contributed by atoms with E-state index < -0.39 is 36.2 Å². The highest BCUT2D eigenvalue weighted by Gasteiger charge is 2.34. The predicted molar refractivity (Wildman–Crippen MR) is 124 cm³/mol. The van der Waals surface area contributed by atoms with Gasteiger partial charge in [-0.3, -0.25) is 9.52 Å². The van der Waals surface area contributed by atoms with E-state index >= 15 is 0 Å². The Labute approximate surface area is 201 Å². The number of esters is 1. The van der Waals surface area contributed by atoms with Crippen molar-refractivity contribution in [2.75, 3.05) is 29.5 Å². The van der Waals surface area contributed by atoms with Crippen LogP contribution in [0.3, 0.4) is 0 Å². The van der Waals surface area contributed by atoms with Crippen molar-refractivity contribution in [2.45, 2.75) is 13.1 Å². The summed E-state index contributed by atoms with van der Waals surface area (Å²) in [7, 11) is 0. The maximum Gasteiger partial charge on any atom is 0.433 e. The summed E-state index contributed by atoms with van der Waals surface area (Å²) in [5.41, 5.74) is -0.221. The number of carbonyl (C=O) groups is 2. The van der Waals surface area contributed by atoms with E-state index in [1.165, 1.54) is 0 Å². The molecular weight excluding hydrogens is 493 g/mol. The van der Waals surface area contributed by atoms with Crippen molar-refractivity contribution in [3.8, 4) is 16.3 Å². The summed E-state index contributed by atoms with van der Waals surface area (Å²) in [6.07, 6.45) is -3.14. The van der Waals surface area contributed by atoms with Crippen molar-refractivity contribution in [3.63, 3.8) is 0 Å². The number of aromatic nitrogens is 2. The van der Waals surface area contributed by atoms with Gasteiger partial charge in [-0.15, -0.1) is 11.3 Å². The smallest absolute Gasteiger partial charge is 0.433 e. The van der Waals surface area contributed by atoms with Crippen LogP contribution < -0.4 is 14.8 Å². The number of rotatable bonds is 9. The highest BCUT2D eigenvalue weighted by Crippen LogP contribution is 2.36. The molecule has 1 aromatic carbocycles. The average Bonchev–Trinajstić information content (AvgIpc) is 3.22. The van der Waals surface area contributed by atoms with Gasteiger partial charge in [-0.2, -0.15) is 18.2 Å². The number of carbonyl (C=O) groups excluding carboxylic acids is 2. The Kier molecular flexibility index (Phi) is 8.34. The van der Waals surface area contributed by atoms with Crippen LogP contribution in [0.4, 0.5) is 24.1 Å². The first kappa shape index (κ1) is 25.3. The second kappa shape index (κ2) is 11.2. The standard InChI is InChI=1S/C21H19F3N4O4S2/c1-3-31-19(30)13-9-14(12-7-5-4-6-8-12)34-18(13)26-16(29)11-32-17-10-15(21(22,23)24)25-20(27-17)28-33-2/h4-10H,3,11H2,1-2H3,(H,26,29)(H,25,27,28). The Morgan fingerprint density at radius 1 is 1.15 bits per heavy atom. The van der Waals surface area contributed by atoms with Crippen molar-refractivity contribution < 1.29 is 32.2 Å². The lowest BCUT2D eigenvalue weighted by Crippen LogP contribution is -2.22. The van der Waals surface area contributed by atoms with Crippen LogP contribution in [0.25, 0.3) is 10.4 Å². The van der Waals surface area contributed by atoms with E-state index in [1.807, 2.05) is 30.3 Å². The number of thiophene rings is 1. The minimum Gasteiger partial charge on any atom is -0.467 e. The molecule has 0 atom stereocenters. The molecule has 8 nitrogen and oxygen atoms in total. The van der Waals surface area contributed by atoms with Gasteiger partial charge >= 0.3 is 12.1 Å². The van der Waals surface area contributed by atoms with E-state index in [1.54, 1.807) is 19.2 Å². The third-order valence-corrected chi connectivity index (χ3v) is 5.56. The molecule has 34 heavy (non-hydrogen) atoms. The maximum absolute atomic E-state index is 13.1.